The molecule has 8 nitrogen and oxygen atoms in total. The molecule has 0 saturated carbocycles. The number of hydrogen-bond donors (Lipinski definition) is 1. The van der Waals surface area contributed by atoms with Gasteiger partial charge in [0.05, 0.1) is 21.7 Å². The molecule has 1 aliphatic heterocycles. The lowest BCUT2D eigenvalue weighted by atomic mass is 9.95. The fraction of sp³-hybridized carbons (Fsp3) is 0.333. The molecule has 1 aliphatic rings. The third kappa shape index (κ3) is 4.66. The van der Waals surface area contributed by atoms with Crippen LogP contribution in [0.1, 0.15) is 31.6 Å². The molecule has 1 atom stereocenters. The molecule has 162 valence electrons. The number of non-ortho nitro benzene ring substituents is 1. The SMILES string of the molecule is CC(C(=O)Nc1ccc([N+](=O)[O-])cc1Cl)N1CCC(c2nc3cc(Cl)ccc3o2)CC1. The molecule has 3 aromatic rings. The molecule has 1 saturated heterocycles. The van der Waals surface area contributed by atoms with Gasteiger partial charge >= 0.3 is 0 Å². The average Bonchev–Trinajstić information content (AvgIpc) is 3.17. The topological polar surface area (TPSA) is 102 Å². The Hall–Kier alpha value is -2.68. The maximum absolute atomic E-state index is 12.7. The number of rotatable bonds is 5. The minimum atomic E-state index is -0.532. The summed E-state index contributed by atoms with van der Waals surface area (Å²) >= 11 is 12.1. The number of nitro groups is 1. The lowest BCUT2D eigenvalue weighted by molar-refractivity contribution is -0.384. The molecule has 0 aliphatic carbocycles. The first kappa shape index (κ1) is 21.5. The van der Waals surface area contributed by atoms with Gasteiger partial charge in [0.25, 0.3) is 5.69 Å². The zero-order chi connectivity index (χ0) is 22.1. The number of hydrogen-bond acceptors (Lipinski definition) is 6. The van der Waals surface area contributed by atoms with Crippen molar-refractivity contribution in [2.24, 2.45) is 0 Å². The summed E-state index contributed by atoms with van der Waals surface area (Å²) in [6.07, 6.45) is 1.63. The average molecular weight is 463 g/mol. The van der Waals surface area contributed by atoms with Gasteiger partial charge in [-0.2, -0.15) is 0 Å². The van der Waals surface area contributed by atoms with Gasteiger partial charge < -0.3 is 9.73 Å². The van der Waals surface area contributed by atoms with Crippen LogP contribution in [0.3, 0.4) is 0 Å². The van der Waals surface area contributed by atoms with E-state index in [1.807, 2.05) is 13.0 Å². The predicted octanol–water partition coefficient (Wildman–Crippen LogP) is 5.25. The molecule has 1 amide bonds. The van der Waals surface area contributed by atoms with Gasteiger partial charge in [-0.25, -0.2) is 4.98 Å². The van der Waals surface area contributed by atoms with E-state index >= 15 is 0 Å². The fourth-order valence-electron chi connectivity index (χ4n) is 3.75. The van der Waals surface area contributed by atoms with Crippen LogP contribution in [-0.4, -0.2) is 39.8 Å². The van der Waals surface area contributed by atoms with Gasteiger partial charge in [0.15, 0.2) is 11.5 Å². The summed E-state index contributed by atoms with van der Waals surface area (Å²) in [6.45, 7) is 3.26. The van der Waals surface area contributed by atoms with Gasteiger partial charge in [0.1, 0.15) is 5.52 Å². The van der Waals surface area contributed by atoms with Gasteiger partial charge in [0, 0.05) is 23.1 Å². The van der Waals surface area contributed by atoms with Crippen LogP contribution in [0.5, 0.6) is 0 Å². The van der Waals surface area contributed by atoms with Crippen LogP contribution in [0.4, 0.5) is 11.4 Å². The molecule has 10 heteroatoms. The molecular formula is C21H20Cl2N4O4. The quantitative estimate of drug-likeness (QED) is 0.410. The minimum absolute atomic E-state index is 0.125. The summed E-state index contributed by atoms with van der Waals surface area (Å²) in [5.41, 5.74) is 1.69. The van der Waals surface area contributed by atoms with Crippen molar-refractivity contribution in [3.05, 3.63) is 62.4 Å². The Balaban J connectivity index is 1.36. The number of carbonyl (C=O) groups excluding carboxylic acids is 1. The molecule has 2 aromatic carbocycles. The Labute approximate surface area is 188 Å². The van der Waals surface area contributed by atoms with Crippen LogP contribution >= 0.6 is 23.2 Å². The second-order valence-corrected chi connectivity index (χ2v) is 8.40. The number of benzene rings is 2. The number of carbonyl (C=O) groups is 1. The zero-order valence-electron chi connectivity index (χ0n) is 16.7. The summed E-state index contributed by atoms with van der Waals surface area (Å²) in [6, 6.07) is 8.98. The minimum Gasteiger partial charge on any atom is -0.440 e. The largest absolute Gasteiger partial charge is 0.440 e. The Kier molecular flexibility index (Phi) is 6.13. The summed E-state index contributed by atoms with van der Waals surface area (Å²) < 4.78 is 5.89. The zero-order valence-corrected chi connectivity index (χ0v) is 18.2. The third-order valence-electron chi connectivity index (χ3n) is 5.59. The first-order valence-electron chi connectivity index (χ1n) is 9.86. The highest BCUT2D eigenvalue weighted by Crippen LogP contribution is 2.32. The van der Waals surface area contributed by atoms with Crippen molar-refractivity contribution >= 4 is 51.6 Å². The fourth-order valence-corrected chi connectivity index (χ4v) is 4.14. The highest BCUT2D eigenvalue weighted by molar-refractivity contribution is 6.34. The second kappa shape index (κ2) is 8.82. The molecule has 0 radical (unpaired) electrons. The lowest BCUT2D eigenvalue weighted by Gasteiger charge is -2.34. The summed E-state index contributed by atoms with van der Waals surface area (Å²) in [7, 11) is 0. The van der Waals surface area contributed by atoms with Crippen LogP contribution in [0, 0.1) is 10.1 Å². The monoisotopic (exact) mass is 462 g/mol. The number of halogens is 2. The van der Waals surface area contributed by atoms with E-state index in [0.29, 0.717) is 29.7 Å². The van der Waals surface area contributed by atoms with Gasteiger partial charge in [-0.1, -0.05) is 23.2 Å². The first-order chi connectivity index (χ1) is 14.8. The van der Waals surface area contributed by atoms with Crippen molar-refractivity contribution in [1.82, 2.24) is 9.88 Å². The molecule has 1 fully saturated rings. The maximum atomic E-state index is 12.7. The van der Waals surface area contributed by atoms with Crippen LogP contribution in [0.15, 0.2) is 40.8 Å². The van der Waals surface area contributed by atoms with Crippen LogP contribution < -0.4 is 5.32 Å². The summed E-state index contributed by atoms with van der Waals surface area (Å²) in [5.74, 6) is 0.666. The van der Waals surface area contributed by atoms with Crippen molar-refractivity contribution in [1.29, 1.82) is 0 Å². The van der Waals surface area contributed by atoms with E-state index in [1.54, 1.807) is 12.1 Å². The summed E-state index contributed by atoms with van der Waals surface area (Å²) in [4.78, 5) is 29.7. The Morgan fingerprint density at radius 2 is 2.00 bits per heavy atom. The molecule has 1 unspecified atom stereocenters. The predicted molar refractivity (Wildman–Crippen MR) is 119 cm³/mol. The third-order valence-corrected chi connectivity index (χ3v) is 6.14. The smallest absolute Gasteiger partial charge is 0.271 e. The number of anilines is 1. The molecule has 2 heterocycles. The van der Waals surface area contributed by atoms with E-state index in [9.17, 15) is 14.9 Å². The Bertz CT molecular complexity index is 1140. The number of piperidine rings is 1. The summed E-state index contributed by atoms with van der Waals surface area (Å²) in [5, 5.41) is 14.3. The van der Waals surface area contributed by atoms with E-state index in [1.165, 1.54) is 18.2 Å². The lowest BCUT2D eigenvalue weighted by Crippen LogP contribution is -2.45. The van der Waals surface area contributed by atoms with E-state index in [0.717, 1.165) is 23.9 Å². The number of amides is 1. The molecule has 4 rings (SSSR count). The van der Waals surface area contributed by atoms with E-state index in [2.05, 4.69) is 15.2 Å². The molecule has 1 N–H and O–H groups in total. The number of oxazole rings is 1. The van der Waals surface area contributed by atoms with Gasteiger partial charge in [-0.15, -0.1) is 0 Å². The Morgan fingerprint density at radius 1 is 1.26 bits per heavy atom. The standard InChI is InChI=1S/C21H20Cl2N4O4/c1-12(20(28)24-17-4-3-15(27(29)30)11-16(17)23)26-8-6-13(7-9-26)21-25-18-10-14(22)2-5-19(18)31-21/h2-5,10-13H,6-9H2,1H3,(H,24,28). The number of nitrogens with one attached hydrogen (secondary N) is 1. The molecule has 1 aromatic heterocycles. The second-order valence-electron chi connectivity index (χ2n) is 7.56. The molecule has 0 spiro atoms. The molecular weight excluding hydrogens is 443 g/mol. The van der Waals surface area contributed by atoms with Crippen molar-refractivity contribution < 1.29 is 14.1 Å². The van der Waals surface area contributed by atoms with Crippen molar-refractivity contribution in [2.45, 2.75) is 31.7 Å². The number of nitrogens with zero attached hydrogens (tertiary/aromatic N) is 3. The number of nitro benzene ring substituents is 1. The first-order valence-corrected chi connectivity index (χ1v) is 10.6. The number of fused-ring (bicyclic) bond motifs is 1. The van der Waals surface area contributed by atoms with E-state index < -0.39 is 4.92 Å². The number of likely N-dealkylation sites (tertiary alicyclic amines) is 1. The Morgan fingerprint density at radius 3 is 2.68 bits per heavy atom. The van der Waals surface area contributed by atoms with Crippen molar-refractivity contribution in [3.8, 4) is 0 Å². The van der Waals surface area contributed by atoms with Crippen LogP contribution in [0.2, 0.25) is 10.0 Å². The maximum Gasteiger partial charge on any atom is 0.271 e. The van der Waals surface area contributed by atoms with Crippen molar-refractivity contribution in [3.63, 3.8) is 0 Å². The van der Waals surface area contributed by atoms with E-state index in [4.69, 9.17) is 27.6 Å². The van der Waals surface area contributed by atoms with Gasteiger partial charge in [-0.3, -0.25) is 19.8 Å². The normalized spacial score (nSPS) is 16.4. The van der Waals surface area contributed by atoms with Gasteiger partial charge in [0.2, 0.25) is 5.91 Å². The molecule has 0 bridgehead atoms. The van der Waals surface area contributed by atoms with E-state index in [-0.39, 0.29) is 28.6 Å². The van der Waals surface area contributed by atoms with Crippen LogP contribution in [0.25, 0.3) is 11.1 Å². The van der Waals surface area contributed by atoms with Crippen molar-refractivity contribution in [2.75, 3.05) is 18.4 Å². The van der Waals surface area contributed by atoms with Crippen LogP contribution in [-0.2, 0) is 4.79 Å². The highest BCUT2D eigenvalue weighted by Gasteiger charge is 2.30. The van der Waals surface area contributed by atoms with Gasteiger partial charge in [-0.05, 0) is 57.1 Å². The highest BCUT2D eigenvalue weighted by atomic mass is 35.5. The molecule has 31 heavy (non-hydrogen) atoms. The number of aromatic nitrogens is 1.